The summed E-state index contributed by atoms with van der Waals surface area (Å²) in [6.07, 6.45) is 0.872. The first kappa shape index (κ1) is 23.8. The van der Waals surface area contributed by atoms with Crippen molar-refractivity contribution in [3.05, 3.63) is 66.0 Å². The second-order valence-electron chi connectivity index (χ2n) is 7.71. The minimum atomic E-state index is -1.32. The van der Waals surface area contributed by atoms with E-state index in [0.29, 0.717) is 13.2 Å². The number of nitrogens with zero attached hydrogens (tertiary/aromatic N) is 1. The molecule has 4 atom stereocenters. The SMILES string of the molecule is COC(c1ccccn1)[C@@H](N[S+]([O-])C(C)(C)C)[C@@H](COCc1ccccc1)OC. The normalized spacial score (nSPS) is 16.2. The van der Waals surface area contributed by atoms with Gasteiger partial charge in [0.2, 0.25) is 0 Å². The maximum Gasteiger partial charge on any atom is 0.136 e. The number of ether oxygens (including phenoxy) is 3. The molecule has 0 radical (unpaired) electrons. The van der Waals surface area contributed by atoms with E-state index < -0.39 is 34.4 Å². The van der Waals surface area contributed by atoms with Gasteiger partial charge in [0.1, 0.15) is 23.0 Å². The standard InChI is InChI=1S/C22H32N2O4S/c1-22(2,3)29(25)24-20(21(27-5)18-13-9-10-14-23-18)19(26-4)16-28-15-17-11-7-6-8-12-17/h6-14,19-21,24H,15-16H2,1-5H3/t19-,20+,21?,29?/m1/s1. The third-order valence-electron chi connectivity index (χ3n) is 4.46. The first-order valence-corrected chi connectivity index (χ1v) is 10.8. The minimum Gasteiger partial charge on any atom is -0.598 e. The van der Waals surface area contributed by atoms with Crippen molar-refractivity contribution in [3.63, 3.8) is 0 Å². The summed E-state index contributed by atoms with van der Waals surface area (Å²) >= 11 is -1.32. The van der Waals surface area contributed by atoms with E-state index in [2.05, 4.69) is 9.71 Å². The van der Waals surface area contributed by atoms with Gasteiger partial charge in [-0.25, -0.2) is 0 Å². The Labute approximate surface area is 177 Å². The van der Waals surface area contributed by atoms with E-state index in [1.165, 1.54) is 0 Å². The molecule has 2 aromatic rings. The van der Waals surface area contributed by atoms with Crippen molar-refractivity contribution in [2.75, 3.05) is 20.8 Å². The summed E-state index contributed by atoms with van der Waals surface area (Å²) in [5.41, 5.74) is 1.82. The lowest BCUT2D eigenvalue weighted by Gasteiger charge is -2.35. The van der Waals surface area contributed by atoms with Crippen LogP contribution in [0.5, 0.6) is 0 Å². The molecular weight excluding hydrogens is 388 g/mol. The zero-order valence-corrected chi connectivity index (χ0v) is 18.6. The van der Waals surface area contributed by atoms with Crippen LogP contribution in [0.4, 0.5) is 0 Å². The third-order valence-corrected chi connectivity index (χ3v) is 6.05. The molecule has 0 fully saturated rings. The van der Waals surface area contributed by atoms with Crippen molar-refractivity contribution < 1.29 is 18.8 Å². The Kier molecular flexibility index (Phi) is 9.55. The summed E-state index contributed by atoms with van der Waals surface area (Å²) in [6, 6.07) is 15.2. The molecule has 0 saturated carbocycles. The molecule has 0 spiro atoms. The van der Waals surface area contributed by atoms with Gasteiger partial charge in [-0.2, -0.15) is 0 Å². The van der Waals surface area contributed by atoms with Crippen molar-refractivity contribution >= 4 is 11.4 Å². The fraction of sp³-hybridized carbons (Fsp3) is 0.500. The van der Waals surface area contributed by atoms with Gasteiger partial charge in [0.05, 0.1) is 18.9 Å². The molecule has 2 unspecified atom stereocenters. The number of benzene rings is 1. The Morgan fingerprint density at radius 3 is 2.28 bits per heavy atom. The van der Waals surface area contributed by atoms with Crippen LogP contribution >= 0.6 is 0 Å². The Morgan fingerprint density at radius 2 is 1.72 bits per heavy atom. The predicted molar refractivity (Wildman–Crippen MR) is 116 cm³/mol. The van der Waals surface area contributed by atoms with Crippen LogP contribution in [0.1, 0.15) is 38.1 Å². The molecule has 0 aliphatic rings. The molecule has 0 bridgehead atoms. The predicted octanol–water partition coefficient (Wildman–Crippen LogP) is 3.42. The highest BCUT2D eigenvalue weighted by atomic mass is 32.2. The molecule has 0 aliphatic carbocycles. The molecule has 1 aromatic heterocycles. The lowest BCUT2D eigenvalue weighted by Crippen LogP contribution is -2.54. The number of pyridine rings is 1. The van der Waals surface area contributed by atoms with Crippen molar-refractivity contribution in [2.45, 2.75) is 50.4 Å². The van der Waals surface area contributed by atoms with E-state index >= 15 is 0 Å². The van der Waals surface area contributed by atoms with Gasteiger partial charge in [0, 0.05) is 31.8 Å². The van der Waals surface area contributed by atoms with E-state index in [9.17, 15) is 4.55 Å². The first-order chi connectivity index (χ1) is 13.9. The van der Waals surface area contributed by atoms with Gasteiger partial charge >= 0.3 is 0 Å². The first-order valence-electron chi connectivity index (χ1n) is 9.63. The van der Waals surface area contributed by atoms with Crippen molar-refractivity contribution in [1.29, 1.82) is 0 Å². The van der Waals surface area contributed by atoms with Gasteiger partial charge in [0.25, 0.3) is 0 Å². The van der Waals surface area contributed by atoms with Gasteiger partial charge in [-0.3, -0.25) is 4.98 Å². The zero-order valence-electron chi connectivity index (χ0n) is 17.8. The molecule has 0 saturated heterocycles. The highest BCUT2D eigenvalue weighted by Crippen LogP contribution is 2.25. The summed E-state index contributed by atoms with van der Waals surface area (Å²) in [5.74, 6) is 0. The Bertz CT molecular complexity index is 697. The number of nitrogens with one attached hydrogen (secondary N) is 1. The molecule has 0 aliphatic heterocycles. The lowest BCUT2D eigenvalue weighted by atomic mass is 10.0. The average Bonchev–Trinajstić information content (AvgIpc) is 2.72. The summed E-state index contributed by atoms with van der Waals surface area (Å²) in [5, 5.41) is 0. The lowest BCUT2D eigenvalue weighted by molar-refractivity contribution is -0.0510. The second kappa shape index (κ2) is 11.6. The molecule has 1 heterocycles. The fourth-order valence-electron chi connectivity index (χ4n) is 2.81. The van der Waals surface area contributed by atoms with Crippen LogP contribution in [0, 0.1) is 0 Å². The molecular formula is C22H32N2O4S. The van der Waals surface area contributed by atoms with E-state index in [4.69, 9.17) is 14.2 Å². The molecule has 2 rings (SSSR count). The smallest absolute Gasteiger partial charge is 0.136 e. The van der Waals surface area contributed by atoms with Gasteiger partial charge in [-0.1, -0.05) is 36.4 Å². The largest absolute Gasteiger partial charge is 0.598 e. The van der Waals surface area contributed by atoms with Gasteiger partial charge in [0.15, 0.2) is 0 Å². The highest BCUT2D eigenvalue weighted by molar-refractivity contribution is 7.90. The number of methoxy groups -OCH3 is 2. The fourth-order valence-corrected chi connectivity index (χ4v) is 3.69. The van der Waals surface area contributed by atoms with Gasteiger partial charge < -0.3 is 18.8 Å². The van der Waals surface area contributed by atoms with E-state index in [0.717, 1.165) is 11.3 Å². The van der Waals surface area contributed by atoms with E-state index in [-0.39, 0.29) is 0 Å². The van der Waals surface area contributed by atoms with Crippen molar-refractivity contribution in [3.8, 4) is 0 Å². The Hall–Kier alpha value is -1.48. The maximum atomic E-state index is 12.9. The van der Waals surface area contributed by atoms with Crippen LogP contribution in [0.25, 0.3) is 0 Å². The van der Waals surface area contributed by atoms with Crippen LogP contribution in [0.3, 0.4) is 0 Å². The highest BCUT2D eigenvalue weighted by Gasteiger charge is 2.39. The maximum absolute atomic E-state index is 12.9. The number of hydrogen-bond donors (Lipinski definition) is 1. The Morgan fingerprint density at radius 1 is 1.03 bits per heavy atom. The van der Waals surface area contributed by atoms with Crippen LogP contribution in [-0.4, -0.2) is 47.3 Å². The summed E-state index contributed by atoms with van der Waals surface area (Å²) < 4.78 is 33.1. The molecule has 6 nitrogen and oxygen atoms in total. The van der Waals surface area contributed by atoms with Crippen LogP contribution < -0.4 is 4.72 Å². The van der Waals surface area contributed by atoms with E-state index in [1.807, 2.05) is 69.3 Å². The summed E-state index contributed by atoms with van der Waals surface area (Å²) in [4.78, 5) is 4.42. The minimum absolute atomic E-state index is 0.317. The molecule has 7 heteroatoms. The van der Waals surface area contributed by atoms with E-state index in [1.54, 1.807) is 20.4 Å². The molecule has 1 N–H and O–H groups in total. The van der Waals surface area contributed by atoms with Crippen LogP contribution in [0.15, 0.2) is 54.7 Å². The summed E-state index contributed by atoms with van der Waals surface area (Å²) in [6.45, 7) is 6.55. The second-order valence-corrected chi connectivity index (χ2v) is 9.71. The number of aromatic nitrogens is 1. The van der Waals surface area contributed by atoms with Crippen molar-refractivity contribution in [2.24, 2.45) is 0 Å². The molecule has 1 aromatic carbocycles. The van der Waals surface area contributed by atoms with Gasteiger partial charge in [-0.15, -0.1) is 4.72 Å². The average molecular weight is 421 g/mol. The molecule has 160 valence electrons. The molecule has 29 heavy (non-hydrogen) atoms. The topological polar surface area (TPSA) is 75.7 Å². The zero-order chi connectivity index (χ0) is 21.3. The Balaban J connectivity index is 2.18. The summed E-state index contributed by atoms with van der Waals surface area (Å²) in [7, 11) is 3.24. The van der Waals surface area contributed by atoms with Crippen LogP contribution in [0.2, 0.25) is 0 Å². The quantitative estimate of drug-likeness (QED) is 0.562. The number of rotatable bonds is 11. The monoisotopic (exact) mass is 420 g/mol. The van der Waals surface area contributed by atoms with Crippen molar-refractivity contribution in [1.82, 2.24) is 9.71 Å². The third kappa shape index (κ3) is 7.37. The van der Waals surface area contributed by atoms with Crippen LogP contribution in [-0.2, 0) is 32.2 Å². The molecule has 0 amide bonds. The number of hydrogen-bond acceptors (Lipinski definition) is 6. The van der Waals surface area contributed by atoms with Gasteiger partial charge in [-0.05, 0) is 38.5 Å².